The van der Waals surface area contributed by atoms with E-state index in [1.165, 1.54) is 17.7 Å². The van der Waals surface area contributed by atoms with Crippen LogP contribution >= 0.6 is 0 Å². The van der Waals surface area contributed by atoms with Crippen LogP contribution in [-0.2, 0) is 0 Å². The molecule has 16 heavy (non-hydrogen) atoms. The Bertz CT molecular complexity index is 398. The Kier molecular flexibility index (Phi) is 2.70. The molecule has 0 saturated heterocycles. The van der Waals surface area contributed by atoms with Gasteiger partial charge >= 0.3 is 0 Å². The molecule has 0 aromatic heterocycles. The van der Waals surface area contributed by atoms with Gasteiger partial charge in [0.15, 0.2) is 0 Å². The molecule has 0 radical (unpaired) electrons. The third-order valence-corrected chi connectivity index (χ3v) is 4.18. The summed E-state index contributed by atoms with van der Waals surface area (Å²) in [7, 11) is 6.32. The van der Waals surface area contributed by atoms with E-state index in [9.17, 15) is 0 Å². The van der Waals surface area contributed by atoms with Gasteiger partial charge in [-0.25, -0.2) is 0 Å². The molecule has 2 nitrogen and oxygen atoms in total. The molecule has 2 rings (SSSR count). The average Bonchev–Trinajstić information content (AvgIpc) is 2.26. The van der Waals surface area contributed by atoms with Crippen molar-refractivity contribution in [3.8, 4) is 5.75 Å². The smallest absolute Gasteiger partial charge is 0.136 e. The van der Waals surface area contributed by atoms with Gasteiger partial charge in [-0.05, 0) is 25.0 Å². The van der Waals surface area contributed by atoms with Crippen LogP contribution in [0.5, 0.6) is 5.75 Å². The molecule has 0 amide bonds. The summed E-state index contributed by atoms with van der Waals surface area (Å²) in [4.78, 5) is 0. The minimum Gasteiger partial charge on any atom is -0.497 e. The second-order valence-electron chi connectivity index (χ2n) is 5.45. The molecule has 0 saturated carbocycles. The Morgan fingerprint density at radius 2 is 1.94 bits per heavy atom. The zero-order chi connectivity index (χ0) is 11.9. The van der Waals surface area contributed by atoms with Gasteiger partial charge in [-0.15, -0.1) is 0 Å². The lowest BCUT2D eigenvalue weighted by Gasteiger charge is -2.42. The van der Waals surface area contributed by atoms with Crippen molar-refractivity contribution in [3.63, 3.8) is 0 Å². The van der Waals surface area contributed by atoms with Gasteiger partial charge in [-0.1, -0.05) is 6.92 Å². The number of ether oxygens (including phenoxy) is 1. The van der Waals surface area contributed by atoms with Gasteiger partial charge in [0.05, 0.1) is 27.2 Å². The van der Waals surface area contributed by atoms with Crippen LogP contribution in [0.15, 0.2) is 18.2 Å². The third kappa shape index (κ3) is 1.61. The number of nitrogens with zero attached hydrogens (tertiary/aromatic N) is 1. The molecule has 2 atom stereocenters. The topological polar surface area (TPSA) is 9.23 Å². The van der Waals surface area contributed by atoms with Crippen LogP contribution in [0.3, 0.4) is 0 Å². The highest BCUT2D eigenvalue weighted by Crippen LogP contribution is 2.42. The van der Waals surface area contributed by atoms with Gasteiger partial charge in [0.1, 0.15) is 11.4 Å². The minimum absolute atomic E-state index is 0.631. The summed E-state index contributed by atoms with van der Waals surface area (Å²) in [6.45, 7) is 4.65. The molecule has 1 aromatic carbocycles. The van der Waals surface area contributed by atoms with E-state index >= 15 is 0 Å². The monoisotopic (exact) mass is 220 g/mol. The first kappa shape index (κ1) is 11.5. The van der Waals surface area contributed by atoms with Crippen molar-refractivity contribution in [1.82, 2.24) is 4.48 Å². The van der Waals surface area contributed by atoms with Gasteiger partial charge in [0.2, 0.25) is 0 Å². The Balaban J connectivity index is 2.55. The fraction of sp³-hybridized carbons (Fsp3) is 0.571. The Morgan fingerprint density at radius 1 is 1.25 bits per heavy atom. The molecule has 2 unspecified atom stereocenters. The summed E-state index contributed by atoms with van der Waals surface area (Å²) in [5.74, 6) is 1.60. The molecule has 1 aliphatic heterocycles. The lowest BCUT2D eigenvalue weighted by atomic mass is 9.86. The highest BCUT2D eigenvalue weighted by atomic mass is 16.5. The van der Waals surface area contributed by atoms with E-state index in [4.69, 9.17) is 4.74 Å². The fourth-order valence-corrected chi connectivity index (χ4v) is 2.72. The molecule has 0 bridgehead atoms. The van der Waals surface area contributed by atoms with E-state index in [0.29, 0.717) is 12.0 Å². The van der Waals surface area contributed by atoms with Crippen molar-refractivity contribution >= 4 is 5.69 Å². The number of benzene rings is 1. The lowest BCUT2D eigenvalue weighted by molar-refractivity contribution is 0.261. The molecule has 0 aliphatic carbocycles. The SMILES string of the molecule is COc1ccc2c(c1)C(C)CC(C)[N+]2(C)C. The first-order valence-electron chi connectivity index (χ1n) is 5.99. The molecule has 1 aliphatic rings. The van der Waals surface area contributed by atoms with E-state index < -0.39 is 0 Å². The highest BCUT2D eigenvalue weighted by Gasteiger charge is 2.37. The molecule has 1 heterocycles. The number of hydrogen-bond acceptors (Lipinski definition) is 1. The summed E-state index contributed by atoms with van der Waals surface area (Å²) >= 11 is 0. The van der Waals surface area contributed by atoms with E-state index in [0.717, 1.165) is 10.2 Å². The average molecular weight is 220 g/mol. The van der Waals surface area contributed by atoms with Crippen LogP contribution in [-0.4, -0.2) is 27.2 Å². The minimum atomic E-state index is 0.631. The van der Waals surface area contributed by atoms with Crippen LogP contribution in [0.4, 0.5) is 5.69 Å². The summed E-state index contributed by atoms with van der Waals surface area (Å²) in [5, 5.41) is 0. The lowest BCUT2D eigenvalue weighted by Crippen LogP contribution is -2.51. The molecular weight excluding hydrogens is 198 g/mol. The maximum Gasteiger partial charge on any atom is 0.136 e. The molecule has 88 valence electrons. The predicted octanol–water partition coefficient (Wildman–Crippen LogP) is 3.16. The van der Waals surface area contributed by atoms with Crippen molar-refractivity contribution in [2.24, 2.45) is 0 Å². The molecule has 0 N–H and O–H groups in total. The van der Waals surface area contributed by atoms with Gasteiger partial charge in [-0.2, -0.15) is 0 Å². The molecule has 0 spiro atoms. The summed E-state index contributed by atoms with van der Waals surface area (Å²) in [6.07, 6.45) is 1.24. The van der Waals surface area contributed by atoms with Crippen molar-refractivity contribution in [2.75, 3.05) is 21.2 Å². The second-order valence-corrected chi connectivity index (χ2v) is 5.45. The molecule has 1 aromatic rings. The van der Waals surface area contributed by atoms with Gasteiger partial charge in [0, 0.05) is 18.1 Å². The van der Waals surface area contributed by atoms with Crippen molar-refractivity contribution in [2.45, 2.75) is 32.2 Å². The van der Waals surface area contributed by atoms with E-state index in [2.05, 4.69) is 46.1 Å². The number of quaternary nitrogens is 1. The van der Waals surface area contributed by atoms with Crippen LogP contribution in [0.2, 0.25) is 0 Å². The fourth-order valence-electron chi connectivity index (χ4n) is 2.72. The highest BCUT2D eigenvalue weighted by molar-refractivity contribution is 5.56. The number of hydrogen-bond donors (Lipinski definition) is 0. The van der Waals surface area contributed by atoms with E-state index in [1.54, 1.807) is 7.11 Å². The van der Waals surface area contributed by atoms with Crippen molar-refractivity contribution in [3.05, 3.63) is 23.8 Å². The van der Waals surface area contributed by atoms with E-state index in [-0.39, 0.29) is 0 Å². The summed E-state index contributed by atoms with van der Waals surface area (Å²) < 4.78 is 6.29. The molecule has 0 fully saturated rings. The number of fused-ring (bicyclic) bond motifs is 1. The zero-order valence-corrected chi connectivity index (χ0v) is 10.9. The van der Waals surface area contributed by atoms with Gasteiger partial charge < -0.3 is 4.74 Å². The Labute approximate surface area is 98.4 Å². The standard InChI is InChI=1S/C14H22NO/c1-10-8-11(2)15(3,4)14-7-6-12(16-5)9-13(10)14/h6-7,9-11H,8H2,1-5H3/q+1. The summed E-state index contributed by atoms with van der Waals surface area (Å²) in [6, 6.07) is 7.17. The van der Waals surface area contributed by atoms with E-state index in [1.807, 2.05) is 0 Å². The van der Waals surface area contributed by atoms with Crippen LogP contribution in [0.25, 0.3) is 0 Å². The van der Waals surface area contributed by atoms with Crippen LogP contribution < -0.4 is 9.22 Å². The second kappa shape index (κ2) is 3.77. The van der Waals surface area contributed by atoms with Gasteiger partial charge in [0.25, 0.3) is 0 Å². The first-order chi connectivity index (χ1) is 7.46. The predicted molar refractivity (Wildman–Crippen MR) is 69.1 cm³/mol. The van der Waals surface area contributed by atoms with Crippen LogP contribution in [0.1, 0.15) is 31.7 Å². The Hall–Kier alpha value is -1.02. The number of methoxy groups -OCH3 is 1. The van der Waals surface area contributed by atoms with Crippen molar-refractivity contribution in [1.29, 1.82) is 0 Å². The maximum absolute atomic E-state index is 5.32. The van der Waals surface area contributed by atoms with Gasteiger partial charge in [-0.3, -0.25) is 4.48 Å². The molecular formula is C14H22NO+. The first-order valence-corrected chi connectivity index (χ1v) is 5.99. The quantitative estimate of drug-likeness (QED) is 0.661. The summed E-state index contributed by atoms with van der Waals surface area (Å²) in [5.41, 5.74) is 2.88. The third-order valence-electron chi connectivity index (χ3n) is 4.18. The van der Waals surface area contributed by atoms with Crippen LogP contribution in [0, 0.1) is 0 Å². The Morgan fingerprint density at radius 3 is 2.56 bits per heavy atom. The zero-order valence-electron chi connectivity index (χ0n) is 10.9. The maximum atomic E-state index is 5.32. The normalized spacial score (nSPS) is 27.3. The largest absolute Gasteiger partial charge is 0.497 e. The molecule has 2 heteroatoms. The van der Waals surface area contributed by atoms with Crippen molar-refractivity contribution < 1.29 is 4.74 Å². The number of rotatable bonds is 1.